The molecule has 31 heavy (non-hydrogen) atoms. The van der Waals surface area contributed by atoms with Crippen molar-refractivity contribution in [1.29, 1.82) is 0 Å². The third-order valence-corrected chi connectivity index (χ3v) is 5.84. The van der Waals surface area contributed by atoms with Gasteiger partial charge in [0.15, 0.2) is 0 Å². The van der Waals surface area contributed by atoms with Crippen molar-refractivity contribution in [3.63, 3.8) is 0 Å². The molecule has 3 N–H and O–H groups in total. The van der Waals surface area contributed by atoms with Gasteiger partial charge in [0.05, 0.1) is 17.7 Å². The Bertz CT molecular complexity index is 1040. The van der Waals surface area contributed by atoms with E-state index in [0.29, 0.717) is 36.1 Å². The average molecular weight is 436 g/mol. The number of benzene rings is 2. The molecule has 5 nitrogen and oxygen atoms in total. The van der Waals surface area contributed by atoms with Gasteiger partial charge in [-0.3, -0.25) is 9.59 Å². The molecule has 1 aliphatic carbocycles. The third-order valence-electron chi connectivity index (χ3n) is 5.84. The Labute approximate surface area is 175 Å². The van der Waals surface area contributed by atoms with Gasteiger partial charge in [-0.25, -0.2) is 4.39 Å². The lowest BCUT2D eigenvalue weighted by molar-refractivity contribution is -0.137. The standard InChI is InChI=1S/C22H20F4N2O3/c23-14-8-12(7-13(10-14)22(24,25)26)20(30)27-17-6-2-5-16-18(17)19(28-21(16)31)11-3-1-4-15(29)9-11/h2,5-8,10-11,15,19,29H,1,3-4,9H2,(H,27,30)(H,28,31)/t11?,15-,19-/m1/s1. The van der Waals surface area contributed by atoms with E-state index in [4.69, 9.17) is 0 Å². The van der Waals surface area contributed by atoms with Gasteiger partial charge < -0.3 is 15.7 Å². The van der Waals surface area contributed by atoms with E-state index in [2.05, 4.69) is 10.6 Å². The summed E-state index contributed by atoms with van der Waals surface area (Å²) in [5, 5.41) is 15.5. The molecule has 0 spiro atoms. The molecule has 1 unspecified atom stereocenters. The van der Waals surface area contributed by atoms with Gasteiger partial charge in [-0.05, 0) is 55.5 Å². The van der Waals surface area contributed by atoms with Crippen LogP contribution in [0, 0.1) is 11.7 Å². The number of rotatable bonds is 3. The highest BCUT2D eigenvalue weighted by Gasteiger charge is 2.38. The van der Waals surface area contributed by atoms with Crippen molar-refractivity contribution in [1.82, 2.24) is 5.32 Å². The van der Waals surface area contributed by atoms with Gasteiger partial charge in [0, 0.05) is 22.4 Å². The fourth-order valence-corrected chi connectivity index (χ4v) is 4.43. The molecule has 0 aromatic heterocycles. The van der Waals surface area contributed by atoms with Gasteiger partial charge in [0.1, 0.15) is 5.82 Å². The molecule has 4 rings (SSSR count). The summed E-state index contributed by atoms with van der Waals surface area (Å²) in [5.74, 6) is -2.45. The molecule has 0 saturated heterocycles. The van der Waals surface area contributed by atoms with Crippen molar-refractivity contribution in [2.75, 3.05) is 5.32 Å². The SMILES string of the molecule is O=C(Nc1cccc2c1[C@@H](C1CCC[C@@H](O)C1)NC2=O)c1cc(F)cc(C(F)(F)F)c1. The Morgan fingerprint density at radius 2 is 1.94 bits per heavy atom. The van der Waals surface area contributed by atoms with Crippen LogP contribution in [-0.4, -0.2) is 23.0 Å². The van der Waals surface area contributed by atoms with E-state index >= 15 is 0 Å². The summed E-state index contributed by atoms with van der Waals surface area (Å²) in [7, 11) is 0. The largest absolute Gasteiger partial charge is 0.416 e. The monoisotopic (exact) mass is 436 g/mol. The van der Waals surface area contributed by atoms with Gasteiger partial charge in [-0.2, -0.15) is 13.2 Å². The minimum atomic E-state index is -4.80. The van der Waals surface area contributed by atoms with Gasteiger partial charge in [0.25, 0.3) is 11.8 Å². The Hall–Kier alpha value is -2.94. The molecule has 2 aliphatic rings. The molecule has 0 radical (unpaired) electrons. The first kappa shape index (κ1) is 21.3. The predicted octanol–water partition coefficient (Wildman–Crippen LogP) is 4.43. The normalized spacial score (nSPS) is 23.3. The maximum atomic E-state index is 13.7. The Kier molecular flexibility index (Phi) is 5.47. The Morgan fingerprint density at radius 1 is 1.16 bits per heavy atom. The number of hydrogen-bond acceptors (Lipinski definition) is 3. The summed E-state index contributed by atoms with van der Waals surface area (Å²) < 4.78 is 52.7. The zero-order chi connectivity index (χ0) is 22.3. The lowest BCUT2D eigenvalue weighted by Crippen LogP contribution is -2.31. The molecule has 9 heteroatoms. The number of alkyl halides is 3. The van der Waals surface area contributed by atoms with E-state index in [-0.39, 0.29) is 17.5 Å². The predicted molar refractivity (Wildman–Crippen MR) is 104 cm³/mol. The van der Waals surface area contributed by atoms with E-state index in [1.165, 1.54) is 0 Å². The van der Waals surface area contributed by atoms with Gasteiger partial charge in [0.2, 0.25) is 0 Å². The molecule has 1 aliphatic heterocycles. The molecule has 2 aromatic rings. The van der Waals surface area contributed by atoms with Crippen LogP contribution in [0.5, 0.6) is 0 Å². The van der Waals surface area contributed by atoms with Crippen LogP contribution in [0.15, 0.2) is 36.4 Å². The number of aliphatic hydroxyl groups excluding tert-OH is 1. The molecular formula is C22H20F4N2O3. The van der Waals surface area contributed by atoms with Crippen LogP contribution in [-0.2, 0) is 6.18 Å². The van der Waals surface area contributed by atoms with Crippen LogP contribution in [0.1, 0.15) is 63.6 Å². The molecule has 1 heterocycles. The van der Waals surface area contributed by atoms with E-state index < -0.39 is 41.2 Å². The first-order chi connectivity index (χ1) is 14.6. The molecule has 1 saturated carbocycles. The highest BCUT2D eigenvalue weighted by molar-refractivity contribution is 6.07. The van der Waals surface area contributed by atoms with Crippen LogP contribution in [0.2, 0.25) is 0 Å². The van der Waals surface area contributed by atoms with E-state index in [9.17, 15) is 32.3 Å². The van der Waals surface area contributed by atoms with Crippen molar-refractivity contribution in [2.45, 2.75) is 44.0 Å². The second-order valence-corrected chi connectivity index (χ2v) is 7.98. The summed E-state index contributed by atoms with van der Waals surface area (Å²) in [6, 6.07) is 5.90. The second kappa shape index (κ2) is 7.96. The summed E-state index contributed by atoms with van der Waals surface area (Å²) in [4.78, 5) is 25.1. The topological polar surface area (TPSA) is 78.4 Å². The van der Waals surface area contributed by atoms with Crippen LogP contribution < -0.4 is 10.6 Å². The first-order valence-electron chi connectivity index (χ1n) is 9.94. The zero-order valence-electron chi connectivity index (χ0n) is 16.3. The van der Waals surface area contributed by atoms with Gasteiger partial charge >= 0.3 is 6.18 Å². The fourth-order valence-electron chi connectivity index (χ4n) is 4.43. The minimum absolute atomic E-state index is 0.0435. The number of aliphatic hydroxyl groups is 1. The summed E-state index contributed by atoms with van der Waals surface area (Å²) in [6.45, 7) is 0. The molecular weight excluding hydrogens is 416 g/mol. The molecule has 3 atom stereocenters. The van der Waals surface area contributed by atoms with Crippen LogP contribution in [0.3, 0.4) is 0 Å². The van der Waals surface area contributed by atoms with E-state index in [1.54, 1.807) is 18.2 Å². The summed E-state index contributed by atoms with van der Waals surface area (Å²) in [5.41, 5.74) is -0.581. The van der Waals surface area contributed by atoms with Crippen molar-refractivity contribution >= 4 is 17.5 Å². The van der Waals surface area contributed by atoms with Crippen molar-refractivity contribution in [3.05, 3.63) is 64.5 Å². The number of halogens is 4. The number of nitrogens with one attached hydrogen (secondary N) is 2. The van der Waals surface area contributed by atoms with E-state index in [1.807, 2.05) is 0 Å². The summed E-state index contributed by atoms with van der Waals surface area (Å²) in [6.07, 6.45) is -2.52. The van der Waals surface area contributed by atoms with Crippen LogP contribution in [0.4, 0.5) is 23.2 Å². The molecule has 0 bridgehead atoms. The Balaban J connectivity index is 1.66. The number of fused-ring (bicyclic) bond motifs is 1. The lowest BCUT2D eigenvalue weighted by Gasteiger charge is -2.31. The highest BCUT2D eigenvalue weighted by atomic mass is 19.4. The number of carbonyl (C=O) groups is 2. The first-order valence-corrected chi connectivity index (χ1v) is 9.94. The molecule has 164 valence electrons. The van der Waals surface area contributed by atoms with Crippen molar-refractivity contribution < 1.29 is 32.3 Å². The molecule has 2 amide bonds. The second-order valence-electron chi connectivity index (χ2n) is 7.98. The van der Waals surface area contributed by atoms with Gasteiger partial charge in [-0.1, -0.05) is 12.5 Å². The highest BCUT2D eigenvalue weighted by Crippen LogP contribution is 2.42. The van der Waals surface area contributed by atoms with Crippen molar-refractivity contribution in [3.8, 4) is 0 Å². The van der Waals surface area contributed by atoms with Crippen LogP contribution in [0.25, 0.3) is 0 Å². The smallest absolute Gasteiger partial charge is 0.393 e. The maximum absolute atomic E-state index is 13.7. The van der Waals surface area contributed by atoms with E-state index in [0.717, 1.165) is 18.9 Å². The number of carbonyl (C=O) groups excluding carboxylic acids is 2. The maximum Gasteiger partial charge on any atom is 0.416 e. The minimum Gasteiger partial charge on any atom is -0.393 e. The number of anilines is 1. The molecule has 2 aromatic carbocycles. The quantitative estimate of drug-likeness (QED) is 0.623. The Morgan fingerprint density at radius 3 is 2.65 bits per heavy atom. The molecule has 1 fully saturated rings. The third kappa shape index (κ3) is 4.27. The fraction of sp³-hybridized carbons (Fsp3) is 0.364. The average Bonchev–Trinajstić information content (AvgIpc) is 3.05. The number of amides is 2. The lowest BCUT2D eigenvalue weighted by atomic mass is 9.80. The number of hydrogen-bond donors (Lipinski definition) is 3. The summed E-state index contributed by atoms with van der Waals surface area (Å²) >= 11 is 0. The van der Waals surface area contributed by atoms with Crippen molar-refractivity contribution in [2.24, 2.45) is 5.92 Å². The zero-order valence-corrected chi connectivity index (χ0v) is 16.3. The van der Waals surface area contributed by atoms with Gasteiger partial charge in [-0.15, -0.1) is 0 Å². The van der Waals surface area contributed by atoms with Crippen LogP contribution >= 0.6 is 0 Å².